The summed E-state index contributed by atoms with van der Waals surface area (Å²) in [6.07, 6.45) is 4.97. The molecular weight excluding hydrogens is 322 g/mol. The van der Waals surface area contributed by atoms with Crippen molar-refractivity contribution in [2.24, 2.45) is 0 Å². The lowest BCUT2D eigenvalue weighted by molar-refractivity contribution is -0.119. The molecule has 0 aromatic carbocycles. The first kappa shape index (κ1) is 17.1. The van der Waals surface area contributed by atoms with Crippen molar-refractivity contribution < 1.29 is 14.1 Å². The molecule has 2 atom stereocenters. The molecule has 2 aromatic heterocycles. The minimum atomic E-state index is -0.403. The molecule has 25 heavy (non-hydrogen) atoms. The third kappa shape index (κ3) is 4.42. The van der Waals surface area contributed by atoms with E-state index in [1.165, 1.54) is 6.92 Å². The van der Waals surface area contributed by atoms with E-state index in [0.717, 1.165) is 25.3 Å². The van der Waals surface area contributed by atoms with Gasteiger partial charge in [-0.05, 0) is 25.5 Å². The summed E-state index contributed by atoms with van der Waals surface area (Å²) in [6.45, 7) is 6.92. The van der Waals surface area contributed by atoms with Gasteiger partial charge in [-0.25, -0.2) is 0 Å². The Morgan fingerprint density at radius 2 is 2.52 bits per heavy atom. The van der Waals surface area contributed by atoms with Crippen LogP contribution >= 0.6 is 0 Å². The van der Waals surface area contributed by atoms with Gasteiger partial charge < -0.3 is 19.9 Å². The number of nitrogens with one attached hydrogen (secondary N) is 2. The topological polar surface area (TPSA) is 102 Å². The minimum Gasteiger partial charge on any atom is -0.489 e. The third-order valence-electron chi connectivity index (χ3n) is 3.80. The SMILES string of the molecule is C=CCC(NC(C)=O)c1nc(-c2cc(OC3CCNC3)ccn2)no1. The van der Waals surface area contributed by atoms with Gasteiger partial charge in [-0.1, -0.05) is 11.2 Å². The van der Waals surface area contributed by atoms with Crippen LogP contribution in [0.3, 0.4) is 0 Å². The van der Waals surface area contributed by atoms with E-state index in [1.807, 2.05) is 0 Å². The van der Waals surface area contributed by atoms with Crippen LogP contribution in [0.1, 0.15) is 31.7 Å². The van der Waals surface area contributed by atoms with Gasteiger partial charge >= 0.3 is 0 Å². The Labute approximate surface area is 145 Å². The number of nitrogens with zero attached hydrogens (tertiary/aromatic N) is 3. The summed E-state index contributed by atoms with van der Waals surface area (Å²) in [6, 6.07) is 3.19. The molecule has 2 unspecified atom stereocenters. The number of carbonyl (C=O) groups excluding carboxylic acids is 1. The highest BCUT2D eigenvalue weighted by Crippen LogP contribution is 2.23. The molecule has 0 aliphatic carbocycles. The number of rotatable bonds is 7. The number of hydrogen-bond acceptors (Lipinski definition) is 7. The molecule has 8 heteroatoms. The van der Waals surface area contributed by atoms with Crippen LogP contribution in [0.4, 0.5) is 0 Å². The minimum absolute atomic E-state index is 0.160. The standard InChI is InChI=1S/C17H21N5O3/c1-3-4-14(20-11(2)23)17-21-16(22-25-17)15-9-12(6-8-19-15)24-13-5-7-18-10-13/h3,6,8-9,13-14,18H,1,4-5,7,10H2,2H3,(H,20,23). The molecule has 0 spiro atoms. The van der Waals surface area contributed by atoms with Crippen molar-refractivity contribution >= 4 is 5.91 Å². The number of carbonyl (C=O) groups is 1. The fourth-order valence-electron chi connectivity index (χ4n) is 2.64. The Morgan fingerprint density at radius 1 is 1.64 bits per heavy atom. The fraction of sp³-hybridized carbons (Fsp3) is 0.412. The van der Waals surface area contributed by atoms with Gasteiger partial charge in [-0.2, -0.15) is 4.98 Å². The van der Waals surface area contributed by atoms with E-state index in [9.17, 15) is 4.79 Å². The van der Waals surface area contributed by atoms with Crippen LogP contribution in [0.2, 0.25) is 0 Å². The van der Waals surface area contributed by atoms with E-state index in [4.69, 9.17) is 9.26 Å². The molecule has 3 heterocycles. The maximum Gasteiger partial charge on any atom is 0.249 e. The Bertz CT molecular complexity index is 739. The van der Waals surface area contributed by atoms with E-state index < -0.39 is 6.04 Å². The van der Waals surface area contributed by atoms with Gasteiger partial charge in [0.05, 0.1) is 0 Å². The zero-order valence-electron chi connectivity index (χ0n) is 14.1. The summed E-state index contributed by atoms with van der Waals surface area (Å²) in [5.74, 6) is 1.21. The molecule has 132 valence electrons. The van der Waals surface area contributed by atoms with E-state index in [1.54, 1.807) is 24.4 Å². The van der Waals surface area contributed by atoms with Crippen LogP contribution < -0.4 is 15.4 Å². The number of pyridine rings is 1. The predicted octanol–water partition coefficient (Wildman–Crippen LogP) is 1.63. The first-order valence-electron chi connectivity index (χ1n) is 8.21. The van der Waals surface area contributed by atoms with Crippen LogP contribution in [0, 0.1) is 0 Å². The van der Waals surface area contributed by atoms with Crippen molar-refractivity contribution in [1.82, 2.24) is 25.8 Å². The van der Waals surface area contributed by atoms with Crippen molar-refractivity contribution in [2.45, 2.75) is 31.9 Å². The molecule has 1 fully saturated rings. The second-order valence-electron chi connectivity index (χ2n) is 5.84. The largest absolute Gasteiger partial charge is 0.489 e. The van der Waals surface area contributed by atoms with Gasteiger partial charge in [0.25, 0.3) is 0 Å². The van der Waals surface area contributed by atoms with Crippen molar-refractivity contribution in [3.05, 3.63) is 36.9 Å². The van der Waals surface area contributed by atoms with Crippen LogP contribution in [-0.2, 0) is 4.79 Å². The Kier molecular flexibility index (Phi) is 5.39. The van der Waals surface area contributed by atoms with Gasteiger partial charge in [0, 0.05) is 25.7 Å². The number of hydrogen-bond donors (Lipinski definition) is 2. The summed E-state index contributed by atoms with van der Waals surface area (Å²) >= 11 is 0. The van der Waals surface area contributed by atoms with Gasteiger partial charge in [0.15, 0.2) is 0 Å². The van der Waals surface area contributed by atoms with Crippen LogP contribution in [0.25, 0.3) is 11.5 Å². The van der Waals surface area contributed by atoms with Crippen LogP contribution in [0.5, 0.6) is 5.75 Å². The zero-order valence-corrected chi connectivity index (χ0v) is 14.1. The predicted molar refractivity (Wildman–Crippen MR) is 90.8 cm³/mol. The summed E-state index contributed by atoms with van der Waals surface area (Å²) < 4.78 is 11.2. The summed E-state index contributed by atoms with van der Waals surface area (Å²) in [5.41, 5.74) is 0.554. The smallest absolute Gasteiger partial charge is 0.249 e. The number of ether oxygens (including phenoxy) is 1. The molecule has 2 aromatic rings. The molecule has 1 saturated heterocycles. The molecule has 8 nitrogen and oxygen atoms in total. The monoisotopic (exact) mass is 343 g/mol. The first-order valence-corrected chi connectivity index (χ1v) is 8.21. The number of aromatic nitrogens is 3. The molecular formula is C17H21N5O3. The van der Waals surface area contributed by atoms with Gasteiger partial charge in [-0.15, -0.1) is 6.58 Å². The fourth-order valence-corrected chi connectivity index (χ4v) is 2.64. The molecule has 3 rings (SSSR count). The van der Waals surface area contributed by atoms with Gasteiger partial charge in [-0.3, -0.25) is 9.78 Å². The Morgan fingerprint density at radius 3 is 3.24 bits per heavy atom. The molecule has 2 N–H and O–H groups in total. The second-order valence-corrected chi connectivity index (χ2v) is 5.84. The maximum atomic E-state index is 11.3. The normalized spacial score (nSPS) is 17.9. The lowest BCUT2D eigenvalue weighted by atomic mass is 10.2. The average Bonchev–Trinajstić information content (AvgIpc) is 3.26. The first-order chi connectivity index (χ1) is 12.2. The molecule has 0 saturated carbocycles. The van der Waals surface area contributed by atoms with Crippen LogP contribution in [-0.4, -0.2) is 40.2 Å². The van der Waals surface area contributed by atoms with E-state index in [2.05, 4.69) is 32.3 Å². The molecule has 0 bridgehead atoms. The Hall–Kier alpha value is -2.74. The maximum absolute atomic E-state index is 11.3. The van der Waals surface area contributed by atoms with E-state index in [0.29, 0.717) is 23.8 Å². The quantitative estimate of drug-likeness (QED) is 0.737. The zero-order chi connectivity index (χ0) is 17.6. The highest BCUT2D eigenvalue weighted by Gasteiger charge is 2.21. The second kappa shape index (κ2) is 7.89. The molecule has 1 aliphatic heterocycles. The summed E-state index contributed by atoms with van der Waals surface area (Å²) in [7, 11) is 0. The average molecular weight is 343 g/mol. The third-order valence-corrected chi connectivity index (χ3v) is 3.80. The Balaban J connectivity index is 1.76. The highest BCUT2D eigenvalue weighted by atomic mass is 16.5. The van der Waals surface area contributed by atoms with Crippen molar-refractivity contribution in [3.8, 4) is 17.3 Å². The molecule has 1 amide bonds. The van der Waals surface area contributed by atoms with Crippen molar-refractivity contribution in [1.29, 1.82) is 0 Å². The van der Waals surface area contributed by atoms with Crippen molar-refractivity contribution in [2.75, 3.05) is 13.1 Å². The van der Waals surface area contributed by atoms with Crippen LogP contribution in [0.15, 0.2) is 35.5 Å². The van der Waals surface area contributed by atoms with Gasteiger partial charge in [0.1, 0.15) is 23.6 Å². The molecule has 1 aliphatic rings. The van der Waals surface area contributed by atoms with Gasteiger partial charge in [0.2, 0.25) is 17.6 Å². The lowest BCUT2D eigenvalue weighted by Gasteiger charge is -2.12. The summed E-state index contributed by atoms with van der Waals surface area (Å²) in [4.78, 5) is 19.9. The molecule has 0 radical (unpaired) electrons. The van der Waals surface area contributed by atoms with Crippen molar-refractivity contribution in [3.63, 3.8) is 0 Å². The number of amides is 1. The van der Waals surface area contributed by atoms with E-state index in [-0.39, 0.29) is 12.0 Å². The summed E-state index contributed by atoms with van der Waals surface area (Å²) in [5, 5.41) is 9.99. The highest BCUT2D eigenvalue weighted by molar-refractivity contribution is 5.73. The van der Waals surface area contributed by atoms with E-state index >= 15 is 0 Å². The lowest BCUT2D eigenvalue weighted by Crippen LogP contribution is -2.25.